The Bertz CT molecular complexity index is 379. The molecule has 0 amide bonds. The number of rotatable bonds is 4. The van der Waals surface area contributed by atoms with E-state index < -0.39 is 0 Å². The SMILES string of the molecule is CCNCc1nc(C(C)C)n2c1CC(C)CC2. The minimum absolute atomic E-state index is 0.525. The average molecular weight is 235 g/mol. The molecule has 2 heterocycles. The van der Waals surface area contributed by atoms with Gasteiger partial charge < -0.3 is 9.88 Å². The van der Waals surface area contributed by atoms with Crippen LogP contribution < -0.4 is 5.32 Å². The van der Waals surface area contributed by atoms with E-state index in [1.807, 2.05) is 0 Å². The Morgan fingerprint density at radius 2 is 2.24 bits per heavy atom. The summed E-state index contributed by atoms with van der Waals surface area (Å²) in [7, 11) is 0. The van der Waals surface area contributed by atoms with Crippen LogP contribution in [0.15, 0.2) is 0 Å². The number of hydrogen-bond acceptors (Lipinski definition) is 2. The van der Waals surface area contributed by atoms with Crippen molar-refractivity contribution in [1.29, 1.82) is 0 Å². The van der Waals surface area contributed by atoms with E-state index >= 15 is 0 Å². The van der Waals surface area contributed by atoms with Crippen LogP contribution in [-0.2, 0) is 19.5 Å². The standard InChI is InChI=1S/C14H25N3/c1-5-15-9-12-13-8-11(4)6-7-17(13)14(16-12)10(2)3/h10-11,15H,5-9H2,1-4H3. The second-order valence-corrected chi connectivity index (χ2v) is 5.55. The Labute approximate surface area is 105 Å². The lowest BCUT2D eigenvalue weighted by molar-refractivity contribution is 0.403. The van der Waals surface area contributed by atoms with Crippen molar-refractivity contribution in [3.05, 3.63) is 17.2 Å². The van der Waals surface area contributed by atoms with Crippen LogP contribution >= 0.6 is 0 Å². The molecule has 2 rings (SSSR count). The van der Waals surface area contributed by atoms with Crippen molar-refractivity contribution in [1.82, 2.24) is 14.9 Å². The van der Waals surface area contributed by atoms with E-state index in [2.05, 4.69) is 37.6 Å². The fourth-order valence-electron chi connectivity index (χ4n) is 2.64. The van der Waals surface area contributed by atoms with Crippen LogP contribution in [-0.4, -0.2) is 16.1 Å². The fourth-order valence-corrected chi connectivity index (χ4v) is 2.64. The number of hydrogen-bond donors (Lipinski definition) is 1. The molecule has 1 aromatic heterocycles. The van der Waals surface area contributed by atoms with Gasteiger partial charge in [0.05, 0.1) is 5.69 Å². The second-order valence-electron chi connectivity index (χ2n) is 5.55. The third-order valence-corrected chi connectivity index (χ3v) is 3.63. The first-order valence-corrected chi connectivity index (χ1v) is 6.92. The maximum atomic E-state index is 4.86. The van der Waals surface area contributed by atoms with Gasteiger partial charge in [-0.25, -0.2) is 4.98 Å². The summed E-state index contributed by atoms with van der Waals surface area (Å²) < 4.78 is 2.47. The molecule has 3 nitrogen and oxygen atoms in total. The van der Waals surface area contributed by atoms with Crippen molar-refractivity contribution >= 4 is 0 Å². The first kappa shape index (κ1) is 12.6. The topological polar surface area (TPSA) is 29.9 Å². The lowest BCUT2D eigenvalue weighted by atomic mass is 9.97. The molecule has 1 unspecified atom stereocenters. The summed E-state index contributed by atoms with van der Waals surface area (Å²) in [5.74, 6) is 2.61. The van der Waals surface area contributed by atoms with E-state index in [1.165, 1.54) is 30.1 Å². The van der Waals surface area contributed by atoms with Gasteiger partial charge in [-0.3, -0.25) is 0 Å². The number of fused-ring (bicyclic) bond motifs is 1. The van der Waals surface area contributed by atoms with Crippen LogP contribution in [0.3, 0.4) is 0 Å². The van der Waals surface area contributed by atoms with Crippen molar-refractivity contribution in [2.24, 2.45) is 5.92 Å². The Hall–Kier alpha value is -0.830. The monoisotopic (exact) mass is 235 g/mol. The molecule has 1 aromatic rings. The van der Waals surface area contributed by atoms with Crippen molar-refractivity contribution in [3.8, 4) is 0 Å². The maximum absolute atomic E-state index is 4.86. The first-order valence-electron chi connectivity index (χ1n) is 6.92. The summed E-state index contributed by atoms with van der Waals surface area (Å²) in [5.41, 5.74) is 2.76. The molecule has 0 radical (unpaired) electrons. The molecular formula is C14H25N3. The number of imidazole rings is 1. The third kappa shape index (κ3) is 2.54. The van der Waals surface area contributed by atoms with Crippen LogP contribution in [0.2, 0.25) is 0 Å². The van der Waals surface area contributed by atoms with E-state index in [-0.39, 0.29) is 0 Å². The van der Waals surface area contributed by atoms with Crippen LogP contribution in [0.5, 0.6) is 0 Å². The lowest BCUT2D eigenvalue weighted by Crippen LogP contribution is -2.21. The third-order valence-electron chi connectivity index (χ3n) is 3.63. The number of nitrogens with one attached hydrogen (secondary N) is 1. The summed E-state index contributed by atoms with van der Waals surface area (Å²) >= 11 is 0. The van der Waals surface area contributed by atoms with E-state index in [0.29, 0.717) is 5.92 Å². The van der Waals surface area contributed by atoms with Gasteiger partial charge in [0.25, 0.3) is 0 Å². The molecule has 96 valence electrons. The highest BCUT2D eigenvalue weighted by Gasteiger charge is 2.23. The number of nitrogens with zero attached hydrogens (tertiary/aromatic N) is 2. The van der Waals surface area contributed by atoms with Crippen LogP contribution in [0.4, 0.5) is 0 Å². The predicted molar refractivity (Wildman–Crippen MR) is 71.2 cm³/mol. The highest BCUT2D eigenvalue weighted by molar-refractivity contribution is 5.21. The minimum atomic E-state index is 0.525. The summed E-state index contributed by atoms with van der Waals surface area (Å²) in [6.07, 6.45) is 2.49. The Morgan fingerprint density at radius 3 is 2.88 bits per heavy atom. The zero-order chi connectivity index (χ0) is 12.4. The van der Waals surface area contributed by atoms with Gasteiger partial charge in [0, 0.05) is 24.7 Å². The van der Waals surface area contributed by atoms with Gasteiger partial charge in [0.15, 0.2) is 0 Å². The average Bonchev–Trinajstić information content (AvgIpc) is 2.64. The largest absolute Gasteiger partial charge is 0.331 e. The van der Waals surface area contributed by atoms with E-state index in [0.717, 1.165) is 25.6 Å². The Morgan fingerprint density at radius 1 is 1.47 bits per heavy atom. The highest BCUT2D eigenvalue weighted by atomic mass is 15.1. The van der Waals surface area contributed by atoms with Gasteiger partial charge in [-0.15, -0.1) is 0 Å². The first-order chi connectivity index (χ1) is 8.13. The molecule has 1 aliphatic heterocycles. The molecule has 1 atom stereocenters. The predicted octanol–water partition coefficient (Wildman–Crippen LogP) is 2.70. The minimum Gasteiger partial charge on any atom is -0.331 e. The van der Waals surface area contributed by atoms with E-state index in [9.17, 15) is 0 Å². The zero-order valence-electron chi connectivity index (χ0n) is 11.6. The van der Waals surface area contributed by atoms with Gasteiger partial charge in [-0.05, 0) is 25.3 Å². The van der Waals surface area contributed by atoms with Crippen molar-refractivity contribution in [2.75, 3.05) is 6.54 Å². The Kier molecular flexibility index (Phi) is 3.87. The molecule has 0 bridgehead atoms. The molecule has 17 heavy (non-hydrogen) atoms. The van der Waals surface area contributed by atoms with Crippen LogP contribution in [0, 0.1) is 5.92 Å². The van der Waals surface area contributed by atoms with Crippen molar-refractivity contribution in [2.45, 2.75) is 59.5 Å². The maximum Gasteiger partial charge on any atom is 0.111 e. The zero-order valence-corrected chi connectivity index (χ0v) is 11.6. The summed E-state index contributed by atoms with van der Waals surface area (Å²) in [6.45, 7) is 12.1. The molecule has 3 heteroatoms. The molecule has 0 saturated heterocycles. The lowest BCUT2D eigenvalue weighted by Gasteiger charge is -2.23. The van der Waals surface area contributed by atoms with Gasteiger partial charge in [0.2, 0.25) is 0 Å². The quantitative estimate of drug-likeness (QED) is 0.869. The summed E-state index contributed by atoms with van der Waals surface area (Å²) in [5, 5.41) is 3.41. The van der Waals surface area contributed by atoms with Gasteiger partial charge in [-0.1, -0.05) is 27.7 Å². The highest BCUT2D eigenvalue weighted by Crippen LogP contribution is 2.27. The fraction of sp³-hybridized carbons (Fsp3) is 0.786. The number of aromatic nitrogens is 2. The molecule has 0 aliphatic carbocycles. The molecule has 1 aliphatic rings. The summed E-state index contributed by atoms with van der Waals surface area (Å²) in [6, 6.07) is 0. The Balaban J connectivity index is 2.32. The molecule has 0 aromatic carbocycles. The van der Waals surface area contributed by atoms with Crippen molar-refractivity contribution in [3.63, 3.8) is 0 Å². The van der Waals surface area contributed by atoms with E-state index in [4.69, 9.17) is 4.98 Å². The molecular weight excluding hydrogens is 210 g/mol. The molecule has 0 fully saturated rings. The van der Waals surface area contributed by atoms with Gasteiger partial charge in [-0.2, -0.15) is 0 Å². The molecule has 1 N–H and O–H groups in total. The second kappa shape index (κ2) is 5.21. The van der Waals surface area contributed by atoms with Crippen LogP contribution in [0.1, 0.15) is 57.2 Å². The van der Waals surface area contributed by atoms with Gasteiger partial charge >= 0.3 is 0 Å². The van der Waals surface area contributed by atoms with E-state index in [1.54, 1.807) is 0 Å². The summed E-state index contributed by atoms with van der Waals surface area (Å²) in [4.78, 5) is 4.86. The van der Waals surface area contributed by atoms with Crippen molar-refractivity contribution < 1.29 is 0 Å². The smallest absolute Gasteiger partial charge is 0.111 e. The molecule has 0 saturated carbocycles. The normalized spacial score (nSPS) is 19.7. The molecule has 0 spiro atoms. The van der Waals surface area contributed by atoms with Gasteiger partial charge in [0.1, 0.15) is 5.82 Å². The van der Waals surface area contributed by atoms with Crippen LogP contribution in [0.25, 0.3) is 0 Å².